The van der Waals surface area contributed by atoms with E-state index in [1.165, 1.54) is 30.0 Å². The van der Waals surface area contributed by atoms with Gasteiger partial charge in [-0.25, -0.2) is 0 Å². The first-order chi connectivity index (χ1) is 11.9. The van der Waals surface area contributed by atoms with Crippen molar-refractivity contribution in [3.8, 4) is 5.75 Å². The summed E-state index contributed by atoms with van der Waals surface area (Å²) >= 11 is 1.41. The first kappa shape index (κ1) is 17.7. The lowest BCUT2D eigenvalue weighted by Gasteiger charge is -2.24. The zero-order chi connectivity index (χ0) is 17.9. The average Bonchev–Trinajstić information content (AvgIpc) is 2.93. The summed E-state index contributed by atoms with van der Waals surface area (Å²) in [5.74, 6) is 0.0464. The SMILES string of the molecule is O=C1CSC(c2cccc(OC(F)(F)F)c2)N1CCc1ccccc1. The number of hydrogen-bond acceptors (Lipinski definition) is 3. The van der Waals surface area contributed by atoms with Gasteiger partial charge >= 0.3 is 6.36 Å². The molecule has 0 aromatic heterocycles. The molecule has 1 unspecified atom stereocenters. The lowest BCUT2D eigenvalue weighted by Crippen LogP contribution is -2.30. The standard InChI is InChI=1S/C18H16F3NO2S/c19-18(20,21)24-15-8-4-7-14(11-15)17-22(16(23)12-25-17)10-9-13-5-2-1-3-6-13/h1-8,11,17H,9-10,12H2. The monoisotopic (exact) mass is 367 g/mol. The van der Waals surface area contributed by atoms with Gasteiger partial charge < -0.3 is 9.64 Å². The fourth-order valence-corrected chi connectivity index (χ4v) is 3.94. The molecule has 3 rings (SSSR count). The molecule has 25 heavy (non-hydrogen) atoms. The van der Waals surface area contributed by atoms with Gasteiger partial charge in [0.15, 0.2) is 0 Å². The molecule has 2 aromatic carbocycles. The van der Waals surface area contributed by atoms with Gasteiger partial charge in [-0.05, 0) is 29.7 Å². The maximum absolute atomic E-state index is 12.4. The minimum Gasteiger partial charge on any atom is -0.406 e. The molecule has 0 radical (unpaired) electrons. The molecule has 1 heterocycles. The van der Waals surface area contributed by atoms with E-state index in [9.17, 15) is 18.0 Å². The zero-order valence-corrected chi connectivity index (χ0v) is 14.0. The Morgan fingerprint density at radius 3 is 2.60 bits per heavy atom. The molecule has 0 aliphatic carbocycles. The molecule has 1 fully saturated rings. The Bertz CT molecular complexity index is 737. The first-order valence-corrected chi connectivity index (χ1v) is 8.78. The summed E-state index contributed by atoms with van der Waals surface area (Å²) in [6.45, 7) is 0.519. The van der Waals surface area contributed by atoms with Crippen molar-refractivity contribution in [3.63, 3.8) is 0 Å². The van der Waals surface area contributed by atoms with Crippen LogP contribution < -0.4 is 4.74 Å². The third kappa shape index (κ3) is 4.69. The van der Waals surface area contributed by atoms with Crippen LogP contribution >= 0.6 is 11.8 Å². The van der Waals surface area contributed by atoms with Crippen molar-refractivity contribution in [1.82, 2.24) is 4.90 Å². The highest BCUT2D eigenvalue weighted by molar-refractivity contribution is 8.00. The van der Waals surface area contributed by atoms with Crippen LogP contribution in [0.3, 0.4) is 0 Å². The number of hydrogen-bond donors (Lipinski definition) is 0. The predicted molar refractivity (Wildman–Crippen MR) is 90.2 cm³/mol. The molecule has 1 saturated heterocycles. The maximum Gasteiger partial charge on any atom is 0.573 e. The molecular weight excluding hydrogens is 351 g/mol. The largest absolute Gasteiger partial charge is 0.573 e. The fraction of sp³-hybridized carbons (Fsp3) is 0.278. The third-order valence-electron chi connectivity index (χ3n) is 3.83. The summed E-state index contributed by atoms with van der Waals surface area (Å²) in [7, 11) is 0. The minimum atomic E-state index is -4.73. The molecule has 0 saturated carbocycles. The van der Waals surface area contributed by atoms with Crippen molar-refractivity contribution in [2.24, 2.45) is 0 Å². The van der Waals surface area contributed by atoms with Crippen LogP contribution in [-0.2, 0) is 11.2 Å². The molecule has 7 heteroatoms. The van der Waals surface area contributed by atoms with E-state index in [0.29, 0.717) is 24.3 Å². The van der Waals surface area contributed by atoms with E-state index >= 15 is 0 Å². The van der Waals surface area contributed by atoms with Gasteiger partial charge in [0.2, 0.25) is 5.91 Å². The highest BCUT2D eigenvalue weighted by Gasteiger charge is 2.34. The summed E-state index contributed by atoms with van der Waals surface area (Å²) in [5, 5.41) is -0.298. The van der Waals surface area contributed by atoms with E-state index in [1.54, 1.807) is 11.0 Å². The summed E-state index contributed by atoms with van der Waals surface area (Å²) in [6, 6.07) is 15.6. The van der Waals surface area contributed by atoms with E-state index in [4.69, 9.17) is 0 Å². The van der Waals surface area contributed by atoms with E-state index < -0.39 is 6.36 Å². The van der Waals surface area contributed by atoms with Crippen molar-refractivity contribution in [1.29, 1.82) is 0 Å². The molecule has 132 valence electrons. The van der Waals surface area contributed by atoms with Crippen LogP contribution in [0.2, 0.25) is 0 Å². The maximum atomic E-state index is 12.4. The number of benzene rings is 2. The van der Waals surface area contributed by atoms with Crippen molar-refractivity contribution >= 4 is 17.7 Å². The normalized spacial score (nSPS) is 17.8. The third-order valence-corrected chi connectivity index (χ3v) is 5.09. The molecule has 1 amide bonds. The second kappa shape index (κ2) is 7.39. The number of thioether (sulfide) groups is 1. The van der Waals surface area contributed by atoms with E-state index in [-0.39, 0.29) is 17.0 Å². The Kier molecular flexibility index (Phi) is 5.22. The number of halogens is 3. The number of amides is 1. The van der Waals surface area contributed by atoms with Crippen molar-refractivity contribution < 1.29 is 22.7 Å². The molecule has 1 aliphatic heterocycles. The Labute approximate surface area is 147 Å². The highest BCUT2D eigenvalue weighted by atomic mass is 32.2. The molecule has 1 atom stereocenters. The van der Waals surface area contributed by atoms with Crippen molar-refractivity contribution in [2.75, 3.05) is 12.3 Å². The number of alkyl halides is 3. The topological polar surface area (TPSA) is 29.5 Å². The summed E-state index contributed by atoms with van der Waals surface area (Å²) in [4.78, 5) is 13.9. The Balaban J connectivity index is 1.74. The molecule has 1 aliphatic rings. The number of ether oxygens (including phenoxy) is 1. The summed E-state index contributed by atoms with van der Waals surface area (Å²) in [6.07, 6.45) is -4.04. The van der Waals surface area contributed by atoms with E-state index in [0.717, 1.165) is 5.56 Å². The highest BCUT2D eigenvalue weighted by Crippen LogP contribution is 2.40. The molecule has 0 bridgehead atoms. The average molecular weight is 367 g/mol. The van der Waals surface area contributed by atoms with Gasteiger partial charge in [-0.2, -0.15) is 0 Å². The lowest BCUT2D eigenvalue weighted by molar-refractivity contribution is -0.274. The Hall–Kier alpha value is -2.15. The zero-order valence-electron chi connectivity index (χ0n) is 13.2. The van der Waals surface area contributed by atoms with Crippen LogP contribution in [0.5, 0.6) is 5.75 Å². The van der Waals surface area contributed by atoms with Crippen molar-refractivity contribution in [2.45, 2.75) is 18.2 Å². The number of rotatable bonds is 5. The van der Waals surface area contributed by atoms with Gasteiger partial charge in [-0.1, -0.05) is 42.5 Å². The van der Waals surface area contributed by atoms with Gasteiger partial charge in [0.25, 0.3) is 0 Å². The van der Waals surface area contributed by atoms with Crippen LogP contribution in [0, 0.1) is 0 Å². The van der Waals surface area contributed by atoms with Crippen LogP contribution in [0.15, 0.2) is 54.6 Å². The molecule has 2 aromatic rings. The molecule has 0 N–H and O–H groups in total. The summed E-state index contributed by atoms with van der Waals surface area (Å²) < 4.78 is 41.2. The van der Waals surface area contributed by atoms with Gasteiger partial charge in [0.1, 0.15) is 11.1 Å². The second-order valence-corrected chi connectivity index (χ2v) is 6.67. The number of nitrogens with zero attached hydrogens (tertiary/aromatic N) is 1. The van der Waals surface area contributed by atoms with Crippen LogP contribution in [0.4, 0.5) is 13.2 Å². The van der Waals surface area contributed by atoms with Gasteiger partial charge in [0.05, 0.1) is 5.75 Å². The van der Waals surface area contributed by atoms with Crippen LogP contribution in [0.1, 0.15) is 16.5 Å². The number of carbonyl (C=O) groups is 1. The van der Waals surface area contributed by atoms with Crippen LogP contribution in [0.25, 0.3) is 0 Å². The van der Waals surface area contributed by atoms with Crippen molar-refractivity contribution in [3.05, 3.63) is 65.7 Å². The quantitative estimate of drug-likeness (QED) is 0.784. The van der Waals surface area contributed by atoms with E-state index in [2.05, 4.69) is 4.74 Å². The minimum absolute atomic E-state index is 0.00641. The number of carbonyl (C=O) groups excluding carboxylic acids is 1. The van der Waals surface area contributed by atoms with Gasteiger partial charge in [-0.15, -0.1) is 24.9 Å². The molecule has 3 nitrogen and oxygen atoms in total. The lowest BCUT2D eigenvalue weighted by atomic mass is 10.1. The Morgan fingerprint density at radius 2 is 1.88 bits per heavy atom. The predicted octanol–water partition coefficient (Wildman–Crippen LogP) is 4.40. The van der Waals surface area contributed by atoms with Gasteiger partial charge in [0, 0.05) is 6.54 Å². The first-order valence-electron chi connectivity index (χ1n) is 7.73. The van der Waals surface area contributed by atoms with Crippen LogP contribution in [-0.4, -0.2) is 29.5 Å². The smallest absolute Gasteiger partial charge is 0.406 e. The second-order valence-electron chi connectivity index (χ2n) is 5.61. The Morgan fingerprint density at radius 1 is 1.12 bits per heavy atom. The molecular formula is C18H16F3NO2S. The van der Waals surface area contributed by atoms with Gasteiger partial charge in [-0.3, -0.25) is 4.79 Å². The fourth-order valence-electron chi connectivity index (χ4n) is 2.73. The molecule has 0 spiro atoms. The summed E-state index contributed by atoms with van der Waals surface area (Å²) in [5.41, 5.74) is 1.74. The van der Waals surface area contributed by atoms with E-state index in [1.807, 2.05) is 30.3 Å².